The van der Waals surface area contributed by atoms with Gasteiger partial charge in [0, 0.05) is 19.6 Å². The van der Waals surface area contributed by atoms with Gasteiger partial charge in [-0.1, -0.05) is 4.98 Å². The minimum Gasteiger partial charge on any atom is -0.395 e. The van der Waals surface area contributed by atoms with Gasteiger partial charge < -0.3 is 20.3 Å². The van der Waals surface area contributed by atoms with Crippen molar-refractivity contribution in [1.29, 1.82) is 0 Å². The fourth-order valence-electron chi connectivity index (χ4n) is 1.52. The number of hydrogen-bond acceptors (Lipinski definition) is 6. The molecule has 0 aliphatic heterocycles. The summed E-state index contributed by atoms with van der Waals surface area (Å²) >= 11 is 0. The van der Waals surface area contributed by atoms with Crippen LogP contribution in [0.2, 0.25) is 0 Å². The molecule has 0 spiro atoms. The number of nitrogens with zero attached hydrogens (tertiary/aromatic N) is 4. The molecule has 2 N–H and O–H groups in total. The number of aliphatic hydroxyl groups excluding tert-OH is 2. The van der Waals surface area contributed by atoms with Crippen molar-refractivity contribution in [3.63, 3.8) is 0 Å². The van der Waals surface area contributed by atoms with Gasteiger partial charge >= 0.3 is 5.95 Å². The van der Waals surface area contributed by atoms with E-state index in [1.54, 1.807) is 0 Å². The molecule has 0 aliphatic carbocycles. The summed E-state index contributed by atoms with van der Waals surface area (Å²) in [5, 5.41) is 28.2. The molecular formula is C9H16N4O4. The summed E-state index contributed by atoms with van der Waals surface area (Å²) in [6, 6.07) is 0. The Morgan fingerprint density at radius 1 is 1.35 bits per heavy atom. The maximum Gasteiger partial charge on any atom is 0.434 e. The Bertz CT molecular complexity index is 349. The van der Waals surface area contributed by atoms with Crippen molar-refractivity contribution < 1.29 is 15.1 Å². The molecule has 0 amide bonds. The van der Waals surface area contributed by atoms with Gasteiger partial charge in [0.2, 0.25) is 0 Å². The SMILES string of the molecule is O=[N+]([O-])c1nccn1CCN(CCO)CCO. The first-order valence-electron chi connectivity index (χ1n) is 5.28. The first-order valence-corrected chi connectivity index (χ1v) is 5.28. The van der Waals surface area contributed by atoms with E-state index in [4.69, 9.17) is 10.2 Å². The molecule has 0 saturated heterocycles. The molecule has 8 nitrogen and oxygen atoms in total. The number of rotatable bonds is 8. The molecule has 1 heterocycles. The highest BCUT2D eigenvalue weighted by Crippen LogP contribution is 2.07. The predicted molar refractivity (Wildman–Crippen MR) is 59.5 cm³/mol. The van der Waals surface area contributed by atoms with Gasteiger partial charge in [0.15, 0.2) is 0 Å². The number of nitro groups is 1. The first kappa shape index (κ1) is 13.6. The monoisotopic (exact) mass is 244 g/mol. The molecule has 0 atom stereocenters. The summed E-state index contributed by atoms with van der Waals surface area (Å²) in [5.41, 5.74) is 0. The van der Waals surface area contributed by atoms with Gasteiger partial charge in [0.1, 0.15) is 12.4 Å². The molecule has 0 saturated carbocycles. The maximum absolute atomic E-state index is 10.6. The highest BCUT2D eigenvalue weighted by atomic mass is 16.6. The molecule has 1 aromatic heterocycles. The van der Waals surface area contributed by atoms with Crippen LogP contribution in [0.1, 0.15) is 0 Å². The standard InChI is InChI=1S/C9H16N4O4/c14-7-5-11(6-8-15)3-4-12-2-1-10-9(12)13(16)17/h1-2,14-15H,3-8H2. The zero-order valence-corrected chi connectivity index (χ0v) is 9.40. The molecule has 17 heavy (non-hydrogen) atoms. The normalized spacial score (nSPS) is 11.0. The van der Waals surface area contributed by atoms with Crippen molar-refractivity contribution >= 4 is 5.95 Å². The van der Waals surface area contributed by atoms with Gasteiger partial charge in [-0.3, -0.25) is 4.90 Å². The number of imidazole rings is 1. The van der Waals surface area contributed by atoms with Gasteiger partial charge in [-0.25, -0.2) is 4.57 Å². The summed E-state index contributed by atoms with van der Waals surface area (Å²) < 4.78 is 1.43. The molecule has 0 unspecified atom stereocenters. The van der Waals surface area contributed by atoms with Gasteiger partial charge in [-0.05, 0) is 4.92 Å². The first-order chi connectivity index (χ1) is 8.19. The lowest BCUT2D eigenvalue weighted by Crippen LogP contribution is -2.32. The smallest absolute Gasteiger partial charge is 0.395 e. The van der Waals surface area contributed by atoms with Crippen molar-refractivity contribution in [2.75, 3.05) is 32.8 Å². The van der Waals surface area contributed by atoms with E-state index in [2.05, 4.69) is 4.98 Å². The van der Waals surface area contributed by atoms with Crippen LogP contribution in [0.3, 0.4) is 0 Å². The van der Waals surface area contributed by atoms with Gasteiger partial charge in [0.05, 0.1) is 19.8 Å². The highest BCUT2D eigenvalue weighted by Gasteiger charge is 2.14. The van der Waals surface area contributed by atoms with E-state index in [9.17, 15) is 10.1 Å². The van der Waals surface area contributed by atoms with Gasteiger partial charge in [-0.2, -0.15) is 0 Å². The van der Waals surface area contributed by atoms with E-state index in [-0.39, 0.29) is 19.2 Å². The van der Waals surface area contributed by atoms with Gasteiger partial charge in [-0.15, -0.1) is 0 Å². The Balaban J connectivity index is 2.52. The molecular weight excluding hydrogens is 228 g/mol. The van der Waals surface area contributed by atoms with E-state index < -0.39 is 4.92 Å². The highest BCUT2D eigenvalue weighted by molar-refractivity contribution is 5.06. The summed E-state index contributed by atoms with van der Waals surface area (Å²) in [7, 11) is 0. The van der Waals surface area contributed by atoms with Crippen molar-refractivity contribution in [3.8, 4) is 0 Å². The summed E-state index contributed by atoms with van der Waals surface area (Å²) in [6.45, 7) is 1.76. The number of aliphatic hydroxyl groups is 2. The molecule has 8 heteroatoms. The Labute approximate surface area is 98.3 Å². The van der Waals surface area contributed by atoms with Crippen LogP contribution in [0.4, 0.5) is 5.95 Å². The fourth-order valence-corrected chi connectivity index (χ4v) is 1.52. The minimum atomic E-state index is -0.539. The summed E-state index contributed by atoms with van der Waals surface area (Å²) in [4.78, 5) is 15.5. The number of hydrogen-bond donors (Lipinski definition) is 2. The quantitative estimate of drug-likeness (QED) is 0.452. The Hall–Kier alpha value is -1.51. The van der Waals surface area contributed by atoms with E-state index in [1.807, 2.05) is 4.90 Å². The molecule has 0 radical (unpaired) electrons. The summed E-state index contributed by atoms with van der Waals surface area (Å²) in [5.74, 6) is -0.196. The third-order valence-corrected chi connectivity index (χ3v) is 2.35. The van der Waals surface area contributed by atoms with Crippen LogP contribution in [-0.4, -0.2) is 62.4 Å². The molecule has 0 aromatic carbocycles. The average molecular weight is 244 g/mol. The fraction of sp³-hybridized carbons (Fsp3) is 0.667. The summed E-state index contributed by atoms with van der Waals surface area (Å²) in [6.07, 6.45) is 2.91. The zero-order chi connectivity index (χ0) is 12.7. The lowest BCUT2D eigenvalue weighted by atomic mass is 10.4. The van der Waals surface area contributed by atoms with E-state index in [0.29, 0.717) is 26.2 Å². The average Bonchev–Trinajstić information content (AvgIpc) is 2.74. The molecule has 0 aliphatic rings. The minimum absolute atomic E-state index is 0.00791. The van der Waals surface area contributed by atoms with Crippen LogP contribution in [0.15, 0.2) is 12.4 Å². The second-order valence-corrected chi connectivity index (χ2v) is 3.47. The molecule has 0 fully saturated rings. The van der Waals surface area contributed by atoms with Crippen LogP contribution >= 0.6 is 0 Å². The Kier molecular flexibility index (Phi) is 5.53. The lowest BCUT2D eigenvalue weighted by molar-refractivity contribution is -0.396. The molecule has 0 bridgehead atoms. The van der Waals surface area contributed by atoms with Gasteiger partial charge in [0.25, 0.3) is 0 Å². The maximum atomic E-state index is 10.6. The second-order valence-electron chi connectivity index (χ2n) is 3.47. The van der Waals surface area contributed by atoms with E-state index in [0.717, 1.165) is 0 Å². The van der Waals surface area contributed by atoms with Crippen LogP contribution < -0.4 is 0 Å². The predicted octanol–water partition coefficient (Wildman–Crippen LogP) is -0.922. The number of aromatic nitrogens is 2. The van der Waals surface area contributed by atoms with Crippen LogP contribution in [0.25, 0.3) is 0 Å². The van der Waals surface area contributed by atoms with Crippen molar-refractivity contribution in [2.24, 2.45) is 0 Å². The van der Waals surface area contributed by atoms with Crippen molar-refractivity contribution in [2.45, 2.75) is 6.54 Å². The van der Waals surface area contributed by atoms with Crippen LogP contribution in [0, 0.1) is 10.1 Å². The van der Waals surface area contributed by atoms with E-state index in [1.165, 1.54) is 17.0 Å². The third-order valence-electron chi connectivity index (χ3n) is 2.35. The largest absolute Gasteiger partial charge is 0.434 e. The van der Waals surface area contributed by atoms with E-state index >= 15 is 0 Å². The molecule has 1 rings (SSSR count). The Morgan fingerprint density at radius 2 is 2.00 bits per heavy atom. The topological polar surface area (TPSA) is 105 Å². The lowest BCUT2D eigenvalue weighted by Gasteiger charge is -2.19. The Morgan fingerprint density at radius 3 is 2.53 bits per heavy atom. The second kappa shape index (κ2) is 6.94. The molecule has 96 valence electrons. The third kappa shape index (κ3) is 4.10. The van der Waals surface area contributed by atoms with Crippen LogP contribution in [-0.2, 0) is 6.54 Å². The zero-order valence-electron chi connectivity index (χ0n) is 9.40. The van der Waals surface area contributed by atoms with Crippen LogP contribution in [0.5, 0.6) is 0 Å². The molecule has 1 aromatic rings. The van der Waals surface area contributed by atoms with Crippen molar-refractivity contribution in [1.82, 2.24) is 14.5 Å². The van der Waals surface area contributed by atoms with Crippen molar-refractivity contribution in [3.05, 3.63) is 22.5 Å².